The maximum absolute atomic E-state index is 13.3. The van der Waals surface area contributed by atoms with E-state index in [4.69, 9.17) is 10.5 Å². The van der Waals surface area contributed by atoms with Gasteiger partial charge < -0.3 is 31.7 Å². The number of nitrogens with one attached hydrogen (secondary N) is 4. The minimum absolute atomic E-state index is 0.0855. The van der Waals surface area contributed by atoms with Crippen LogP contribution in [0, 0.1) is 5.92 Å². The molecule has 15 heteroatoms. The molecule has 0 saturated heterocycles. The van der Waals surface area contributed by atoms with Crippen LogP contribution in [0.1, 0.15) is 57.9 Å². The summed E-state index contributed by atoms with van der Waals surface area (Å²) in [6.45, 7) is 4.10. The minimum atomic E-state index is -0.986. The molecule has 0 aliphatic carbocycles. The van der Waals surface area contributed by atoms with Crippen LogP contribution in [0.25, 0.3) is 0 Å². The largest absolute Gasteiger partial charge is 0.453 e. The molecular weight excluding hydrogens is 687 g/mol. The Hall–Kier alpha value is -4.02. The molecule has 240 valence electrons. The van der Waals surface area contributed by atoms with E-state index in [0.717, 1.165) is 10.5 Å². The smallest absolute Gasteiger partial charge is 0.367 e. The first-order chi connectivity index (χ1) is 20.9. The lowest BCUT2D eigenvalue weighted by molar-refractivity contribution is -0.137. The van der Waals surface area contributed by atoms with E-state index < -0.39 is 33.9 Å². The van der Waals surface area contributed by atoms with Gasteiger partial charge in [0.2, 0.25) is 17.7 Å². The lowest BCUT2D eigenvalue weighted by Gasteiger charge is -2.25. The van der Waals surface area contributed by atoms with E-state index in [-0.39, 0.29) is 56.2 Å². The van der Waals surface area contributed by atoms with E-state index in [9.17, 15) is 33.6 Å². The first-order valence-electron chi connectivity index (χ1n) is 14.3. The number of rotatable bonds is 18. The summed E-state index contributed by atoms with van der Waals surface area (Å²) in [4.78, 5) is 85.6. The highest BCUT2D eigenvalue weighted by molar-refractivity contribution is 14.1. The third-order valence-electron chi connectivity index (χ3n) is 6.63. The second kappa shape index (κ2) is 18.6. The number of carbonyl (C=O) groups excluding carboxylic acids is 7. The average molecular weight is 727 g/mol. The Morgan fingerprint density at radius 2 is 1.57 bits per heavy atom. The van der Waals surface area contributed by atoms with Gasteiger partial charge in [-0.25, -0.2) is 9.59 Å². The van der Waals surface area contributed by atoms with Crippen LogP contribution in [0.2, 0.25) is 0 Å². The highest BCUT2D eigenvalue weighted by Crippen LogP contribution is 2.14. The molecule has 1 aliphatic rings. The number of imide groups is 1. The summed E-state index contributed by atoms with van der Waals surface area (Å²) in [7, 11) is 0. The van der Waals surface area contributed by atoms with Gasteiger partial charge in [0.15, 0.2) is 0 Å². The number of nitrogens with zero attached hydrogens (tertiary/aromatic N) is 1. The molecular formula is C29H39IN6O8. The molecule has 0 saturated carbocycles. The van der Waals surface area contributed by atoms with Crippen molar-refractivity contribution in [1.29, 1.82) is 0 Å². The standard InChI is InChI=1S/C29H39IN6O8/c1-18(2)25(35-22(37)8-4-3-5-16-36-23(38)13-14-24(36)39)27(41)34-21(7-6-15-32-29(31)43)26(40)33-20-11-9-19(10-12-20)17-44-28(30)42/h9-14,18,21,25H,3-8,15-17H2,1-2H3,(H,33,40)(H,34,41)(H,35,37)(H3,31,32,43)/t21-,25-/m0/s1. The number of anilines is 1. The van der Waals surface area contributed by atoms with Crippen LogP contribution in [0.15, 0.2) is 36.4 Å². The van der Waals surface area contributed by atoms with E-state index in [1.807, 2.05) is 0 Å². The molecule has 44 heavy (non-hydrogen) atoms. The second-order valence-electron chi connectivity index (χ2n) is 10.5. The molecule has 0 spiro atoms. The summed E-state index contributed by atoms with van der Waals surface area (Å²) in [5, 5.41) is 10.7. The summed E-state index contributed by atoms with van der Waals surface area (Å²) >= 11 is 1.53. The third-order valence-corrected chi connectivity index (χ3v) is 6.94. The lowest BCUT2D eigenvalue weighted by atomic mass is 10.0. The van der Waals surface area contributed by atoms with Crippen molar-refractivity contribution >= 4 is 67.8 Å². The Bertz CT molecular complexity index is 1220. The summed E-state index contributed by atoms with van der Waals surface area (Å²) in [6.07, 6.45) is 4.77. The number of ether oxygens (including phenoxy) is 1. The maximum Gasteiger partial charge on any atom is 0.367 e. The zero-order valence-corrected chi connectivity index (χ0v) is 26.9. The summed E-state index contributed by atoms with van der Waals surface area (Å²) < 4.78 is 4.51. The normalized spacial score (nSPS) is 13.8. The van der Waals surface area contributed by atoms with Gasteiger partial charge in [0, 0.05) is 37.3 Å². The number of amides is 7. The Morgan fingerprint density at radius 1 is 0.909 bits per heavy atom. The van der Waals surface area contributed by atoms with Crippen LogP contribution >= 0.6 is 22.6 Å². The number of hydrogen-bond acceptors (Lipinski definition) is 8. The van der Waals surface area contributed by atoms with E-state index in [0.29, 0.717) is 31.4 Å². The van der Waals surface area contributed by atoms with Crippen molar-refractivity contribution in [2.75, 3.05) is 18.4 Å². The van der Waals surface area contributed by atoms with Crippen molar-refractivity contribution in [3.63, 3.8) is 0 Å². The van der Waals surface area contributed by atoms with Crippen molar-refractivity contribution < 1.29 is 38.3 Å². The lowest BCUT2D eigenvalue weighted by Crippen LogP contribution is -2.54. The number of halogens is 1. The minimum Gasteiger partial charge on any atom is -0.453 e. The van der Waals surface area contributed by atoms with E-state index in [1.54, 1.807) is 38.1 Å². The predicted molar refractivity (Wildman–Crippen MR) is 169 cm³/mol. The third kappa shape index (κ3) is 13.1. The average Bonchev–Trinajstić information content (AvgIpc) is 3.28. The molecule has 7 amide bonds. The van der Waals surface area contributed by atoms with Gasteiger partial charge in [-0.05, 0) is 49.3 Å². The fourth-order valence-electron chi connectivity index (χ4n) is 4.27. The molecule has 1 aliphatic heterocycles. The zero-order valence-electron chi connectivity index (χ0n) is 24.7. The topological polar surface area (TPSA) is 206 Å². The van der Waals surface area contributed by atoms with Crippen molar-refractivity contribution in [2.24, 2.45) is 11.7 Å². The molecule has 6 N–H and O–H groups in total. The van der Waals surface area contributed by atoms with Gasteiger partial charge in [0.25, 0.3) is 11.8 Å². The van der Waals surface area contributed by atoms with Crippen LogP contribution in [-0.4, -0.2) is 69.6 Å². The van der Waals surface area contributed by atoms with Crippen molar-refractivity contribution in [2.45, 2.75) is 71.1 Å². The molecule has 1 heterocycles. The Labute approximate surface area is 269 Å². The van der Waals surface area contributed by atoms with Gasteiger partial charge in [0.1, 0.15) is 18.7 Å². The number of unbranched alkanes of at least 4 members (excludes halogenated alkanes) is 2. The number of hydrogen-bond donors (Lipinski definition) is 5. The molecule has 0 aromatic heterocycles. The highest BCUT2D eigenvalue weighted by atomic mass is 127. The van der Waals surface area contributed by atoms with Gasteiger partial charge in [-0.15, -0.1) is 0 Å². The Morgan fingerprint density at radius 3 is 2.16 bits per heavy atom. The van der Waals surface area contributed by atoms with Gasteiger partial charge in [-0.3, -0.25) is 28.9 Å². The fraction of sp³-hybridized carbons (Fsp3) is 0.483. The predicted octanol–water partition coefficient (Wildman–Crippen LogP) is 2.26. The van der Waals surface area contributed by atoms with Crippen LogP contribution in [-0.2, 0) is 35.3 Å². The summed E-state index contributed by atoms with van der Waals surface area (Å²) in [5.41, 5.74) is 6.29. The molecule has 2 rings (SSSR count). The van der Waals surface area contributed by atoms with Gasteiger partial charge in [0.05, 0.1) is 22.6 Å². The zero-order chi connectivity index (χ0) is 32.6. The molecule has 0 bridgehead atoms. The molecule has 2 atom stereocenters. The van der Waals surface area contributed by atoms with Gasteiger partial charge in [-0.1, -0.05) is 32.4 Å². The monoisotopic (exact) mass is 726 g/mol. The Kier molecular flexibility index (Phi) is 15.3. The molecule has 14 nitrogen and oxygen atoms in total. The van der Waals surface area contributed by atoms with Gasteiger partial charge >= 0.3 is 10.0 Å². The maximum atomic E-state index is 13.3. The summed E-state index contributed by atoms with van der Waals surface area (Å²) in [5.74, 6) is -2.35. The van der Waals surface area contributed by atoms with Crippen LogP contribution in [0.4, 0.5) is 15.3 Å². The van der Waals surface area contributed by atoms with Gasteiger partial charge in [-0.2, -0.15) is 0 Å². The number of benzene rings is 1. The van der Waals surface area contributed by atoms with E-state index in [2.05, 4.69) is 21.3 Å². The van der Waals surface area contributed by atoms with Crippen molar-refractivity contribution in [3.05, 3.63) is 42.0 Å². The fourth-order valence-corrected chi connectivity index (χ4v) is 4.42. The number of nitrogens with two attached hydrogens (primary N) is 1. The molecule has 0 unspecified atom stereocenters. The van der Waals surface area contributed by atoms with Crippen molar-refractivity contribution in [1.82, 2.24) is 20.9 Å². The summed E-state index contributed by atoms with van der Waals surface area (Å²) in [6, 6.07) is 4.04. The first kappa shape index (κ1) is 36.2. The second-order valence-corrected chi connectivity index (χ2v) is 11.3. The quantitative estimate of drug-likeness (QED) is 0.0655. The van der Waals surface area contributed by atoms with Crippen LogP contribution < -0.4 is 27.0 Å². The van der Waals surface area contributed by atoms with E-state index >= 15 is 0 Å². The number of carbonyl (C=O) groups is 7. The number of primary amides is 1. The number of urea groups is 1. The van der Waals surface area contributed by atoms with Crippen LogP contribution in [0.5, 0.6) is 0 Å². The van der Waals surface area contributed by atoms with Crippen LogP contribution in [0.3, 0.4) is 0 Å². The Balaban J connectivity index is 1.94. The first-order valence-corrected chi connectivity index (χ1v) is 15.3. The highest BCUT2D eigenvalue weighted by Gasteiger charge is 2.29. The molecule has 1 aromatic rings. The molecule has 0 radical (unpaired) electrons. The van der Waals surface area contributed by atoms with E-state index in [1.165, 1.54) is 34.7 Å². The molecule has 1 aromatic carbocycles. The van der Waals surface area contributed by atoms with Crippen molar-refractivity contribution in [3.8, 4) is 0 Å². The SMILES string of the molecule is CC(C)[C@H](NC(=O)CCCCCN1C(=O)C=CC1=O)C(=O)N[C@@H](CCCNC(N)=O)C(=O)Nc1ccc(COC(=O)I)cc1. The molecule has 0 fully saturated rings.